The van der Waals surface area contributed by atoms with Gasteiger partial charge in [-0.2, -0.15) is 0 Å². The van der Waals surface area contributed by atoms with Crippen LogP contribution in [0.1, 0.15) is 13.8 Å². The molecule has 1 N–H and O–H groups in total. The van der Waals surface area contributed by atoms with Crippen molar-refractivity contribution in [3.63, 3.8) is 0 Å². The first-order valence-electron chi connectivity index (χ1n) is 4.95. The lowest BCUT2D eigenvalue weighted by Crippen LogP contribution is -2.46. The molecule has 0 heterocycles. The first-order chi connectivity index (χ1) is 7.37. The second-order valence-electron chi connectivity index (χ2n) is 4.24. The van der Waals surface area contributed by atoms with Crippen molar-refractivity contribution >= 4 is 10.0 Å². The minimum absolute atomic E-state index is 0.263. The van der Waals surface area contributed by atoms with Gasteiger partial charge in [0.2, 0.25) is 10.0 Å². The van der Waals surface area contributed by atoms with Crippen molar-refractivity contribution in [3.05, 3.63) is 30.3 Å². The molecule has 1 aromatic carbocycles. The maximum absolute atomic E-state index is 12.0. The van der Waals surface area contributed by atoms with Gasteiger partial charge >= 0.3 is 0 Å². The van der Waals surface area contributed by atoms with Crippen molar-refractivity contribution in [1.29, 1.82) is 0 Å². The van der Waals surface area contributed by atoms with Gasteiger partial charge in [0.15, 0.2) is 0 Å². The van der Waals surface area contributed by atoms with Gasteiger partial charge in [0.05, 0.1) is 17.0 Å². The monoisotopic (exact) mass is 243 g/mol. The molecule has 0 aliphatic rings. The molecule has 0 saturated heterocycles. The van der Waals surface area contributed by atoms with Crippen LogP contribution in [0.25, 0.3) is 0 Å². The minimum Gasteiger partial charge on any atom is -0.383 e. The number of rotatable bonds is 5. The van der Waals surface area contributed by atoms with E-state index in [4.69, 9.17) is 4.74 Å². The van der Waals surface area contributed by atoms with E-state index in [1.54, 1.807) is 51.3 Å². The Balaban J connectivity index is 2.89. The number of ether oxygens (including phenoxy) is 1. The van der Waals surface area contributed by atoms with Gasteiger partial charge in [-0.3, -0.25) is 0 Å². The van der Waals surface area contributed by atoms with E-state index in [1.807, 2.05) is 0 Å². The largest absolute Gasteiger partial charge is 0.383 e. The molecule has 0 amide bonds. The first-order valence-corrected chi connectivity index (χ1v) is 6.44. The third-order valence-corrected chi connectivity index (χ3v) is 3.68. The van der Waals surface area contributed by atoms with Crippen molar-refractivity contribution < 1.29 is 13.2 Å². The van der Waals surface area contributed by atoms with Gasteiger partial charge in [-0.05, 0) is 26.0 Å². The van der Waals surface area contributed by atoms with E-state index in [0.717, 1.165) is 0 Å². The second-order valence-corrected chi connectivity index (χ2v) is 5.92. The Labute approximate surface area is 96.7 Å². The Hall–Kier alpha value is -0.910. The van der Waals surface area contributed by atoms with Gasteiger partial charge < -0.3 is 4.74 Å². The third-order valence-electron chi connectivity index (χ3n) is 1.97. The predicted octanol–water partition coefficient (Wildman–Crippen LogP) is 1.39. The van der Waals surface area contributed by atoms with Crippen LogP contribution in [0.3, 0.4) is 0 Å². The highest BCUT2D eigenvalue weighted by molar-refractivity contribution is 7.89. The topological polar surface area (TPSA) is 55.4 Å². The molecule has 1 aromatic rings. The summed E-state index contributed by atoms with van der Waals surface area (Å²) in [6.45, 7) is 3.87. The lowest BCUT2D eigenvalue weighted by molar-refractivity contribution is 0.141. The standard InChI is InChI=1S/C11H17NO3S/c1-11(2,9-15-3)12-16(13,14)10-7-5-4-6-8-10/h4-8,12H,9H2,1-3H3. The fourth-order valence-electron chi connectivity index (χ4n) is 1.41. The number of methoxy groups -OCH3 is 1. The highest BCUT2D eigenvalue weighted by atomic mass is 32.2. The molecule has 0 spiro atoms. The number of hydrogen-bond acceptors (Lipinski definition) is 3. The van der Waals surface area contributed by atoms with E-state index < -0.39 is 15.6 Å². The zero-order chi connectivity index (χ0) is 12.2. The summed E-state index contributed by atoms with van der Waals surface area (Å²) in [5.74, 6) is 0. The average Bonchev–Trinajstić information content (AvgIpc) is 2.17. The third kappa shape index (κ3) is 3.59. The molecule has 0 radical (unpaired) electrons. The van der Waals surface area contributed by atoms with Crippen molar-refractivity contribution in [2.75, 3.05) is 13.7 Å². The van der Waals surface area contributed by atoms with Crippen LogP contribution in [-0.4, -0.2) is 27.7 Å². The number of benzene rings is 1. The second kappa shape index (κ2) is 4.95. The first kappa shape index (κ1) is 13.2. The highest BCUT2D eigenvalue weighted by Gasteiger charge is 2.25. The van der Waals surface area contributed by atoms with Crippen LogP contribution in [-0.2, 0) is 14.8 Å². The molecule has 0 aliphatic heterocycles. The molecular weight excluding hydrogens is 226 g/mol. The quantitative estimate of drug-likeness (QED) is 0.850. The molecule has 0 bridgehead atoms. The van der Waals surface area contributed by atoms with Crippen molar-refractivity contribution in [2.45, 2.75) is 24.3 Å². The molecule has 0 aromatic heterocycles. The molecule has 90 valence electrons. The molecule has 0 fully saturated rings. The van der Waals surface area contributed by atoms with Crippen LogP contribution in [0.2, 0.25) is 0 Å². The van der Waals surface area contributed by atoms with Crippen LogP contribution < -0.4 is 4.72 Å². The van der Waals surface area contributed by atoms with Crippen molar-refractivity contribution in [2.24, 2.45) is 0 Å². The van der Waals surface area contributed by atoms with Crippen molar-refractivity contribution in [3.8, 4) is 0 Å². The molecule has 0 aliphatic carbocycles. The minimum atomic E-state index is -3.47. The lowest BCUT2D eigenvalue weighted by Gasteiger charge is -2.24. The Bertz CT molecular complexity index is 426. The number of nitrogens with one attached hydrogen (secondary N) is 1. The van der Waals surface area contributed by atoms with Crippen LogP contribution in [0.4, 0.5) is 0 Å². The van der Waals surface area contributed by atoms with Crippen LogP contribution in [0, 0.1) is 0 Å². The number of sulfonamides is 1. The molecular formula is C11H17NO3S. The summed E-state index contributed by atoms with van der Waals surface area (Å²) in [6.07, 6.45) is 0. The van der Waals surface area contributed by atoms with E-state index in [1.165, 1.54) is 0 Å². The maximum atomic E-state index is 12.0. The van der Waals surface area contributed by atoms with Gasteiger partial charge in [0, 0.05) is 7.11 Å². The van der Waals surface area contributed by atoms with Gasteiger partial charge in [-0.25, -0.2) is 13.1 Å². The summed E-state index contributed by atoms with van der Waals surface area (Å²) in [6, 6.07) is 8.28. The predicted molar refractivity (Wildman–Crippen MR) is 62.7 cm³/mol. The van der Waals surface area contributed by atoms with Crippen LogP contribution in [0.5, 0.6) is 0 Å². The SMILES string of the molecule is COCC(C)(C)NS(=O)(=O)c1ccccc1. The molecule has 0 saturated carbocycles. The van der Waals surface area contributed by atoms with E-state index in [0.29, 0.717) is 6.61 Å². The molecule has 4 nitrogen and oxygen atoms in total. The molecule has 0 atom stereocenters. The zero-order valence-electron chi connectivity index (χ0n) is 9.73. The molecule has 16 heavy (non-hydrogen) atoms. The fraction of sp³-hybridized carbons (Fsp3) is 0.455. The molecule has 0 unspecified atom stereocenters. The lowest BCUT2D eigenvalue weighted by atomic mass is 10.1. The summed E-state index contributed by atoms with van der Waals surface area (Å²) < 4.78 is 31.5. The summed E-state index contributed by atoms with van der Waals surface area (Å²) in [4.78, 5) is 0.263. The normalized spacial score (nSPS) is 12.7. The van der Waals surface area contributed by atoms with E-state index >= 15 is 0 Å². The summed E-state index contributed by atoms with van der Waals surface area (Å²) in [5.41, 5.74) is -0.622. The smallest absolute Gasteiger partial charge is 0.241 e. The zero-order valence-corrected chi connectivity index (χ0v) is 10.5. The van der Waals surface area contributed by atoms with Gasteiger partial charge in [0.1, 0.15) is 0 Å². The Morgan fingerprint density at radius 3 is 2.31 bits per heavy atom. The summed E-state index contributed by atoms with van der Waals surface area (Å²) in [5, 5.41) is 0. The summed E-state index contributed by atoms with van der Waals surface area (Å²) >= 11 is 0. The molecule has 1 rings (SSSR count). The van der Waals surface area contributed by atoms with Gasteiger partial charge in [-0.15, -0.1) is 0 Å². The fourth-order valence-corrected chi connectivity index (χ4v) is 2.83. The van der Waals surface area contributed by atoms with Gasteiger partial charge in [-0.1, -0.05) is 18.2 Å². The van der Waals surface area contributed by atoms with Crippen molar-refractivity contribution in [1.82, 2.24) is 4.72 Å². The van der Waals surface area contributed by atoms with E-state index in [2.05, 4.69) is 4.72 Å². The summed E-state index contributed by atoms with van der Waals surface area (Å²) in [7, 11) is -1.93. The highest BCUT2D eigenvalue weighted by Crippen LogP contribution is 2.12. The Kier molecular flexibility index (Phi) is 4.07. The van der Waals surface area contributed by atoms with Crippen LogP contribution >= 0.6 is 0 Å². The average molecular weight is 243 g/mol. The van der Waals surface area contributed by atoms with E-state index in [9.17, 15) is 8.42 Å². The van der Waals surface area contributed by atoms with Crippen LogP contribution in [0.15, 0.2) is 35.2 Å². The Morgan fingerprint density at radius 1 is 1.25 bits per heavy atom. The maximum Gasteiger partial charge on any atom is 0.241 e. The van der Waals surface area contributed by atoms with E-state index in [-0.39, 0.29) is 4.90 Å². The number of hydrogen-bond donors (Lipinski definition) is 1. The Morgan fingerprint density at radius 2 is 1.81 bits per heavy atom. The van der Waals surface area contributed by atoms with Gasteiger partial charge in [0.25, 0.3) is 0 Å². The molecule has 5 heteroatoms.